The van der Waals surface area contributed by atoms with Gasteiger partial charge in [0.05, 0.1) is 13.5 Å². The van der Waals surface area contributed by atoms with Crippen LogP contribution in [0.15, 0.2) is 18.2 Å². The average molecular weight is 262 g/mol. The van der Waals surface area contributed by atoms with Crippen molar-refractivity contribution in [2.75, 3.05) is 19.5 Å². The Hall–Kier alpha value is -1.88. The smallest absolute Gasteiger partial charge is 0.305 e. The van der Waals surface area contributed by atoms with Crippen LogP contribution in [0.1, 0.15) is 30.0 Å². The van der Waals surface area contributed by atoms with Gasteiger partial charge in [-0.3, -0.25) is 9.59 Å². The SMILES string of the molecule is CNC(CCC(=O)OC)c1ccc2c(c1)CC(=O)N2. The van der Waals surface area contributed by atoms with Crippen LogP contribution >= 0.6 is 0 Å². The van der Waals surface area contributed by atoms with Gasteiger partial charge in [0, 0.05) is 18.2 Å². The normalized spacial score (nSPS) is 14.7. The molecular weight excluding hydrogens is 244 g/mol. The van der Waals surface area contributed by atoms with Gasteiger partial charge in [-0.2, -0.15) is 0 Å². The summed E-state index contributed by atoms with van der Waals surface area (Å²) in [6, 6.07) is 5.99. The first-order chi connectivity index (χ1) is 9.13. The number of nitrogens with one attached hydrogen (secondary N) is 2. The van der Waals surface area contributed by atoms with Gasteiger partial charge in [0.2, 0.25) is 5.91 Å². The fourth-order valence-corrected chi connectivity index (χ4v) is 2.31. The van der Waals surface area contributed by atoms with Crippen LogP contribution in [0.25, 0.3) is 0 Å². The summed E-state index contributed by atoms with van der Waals surface area (Å²) >= 11 is 0. The molecule has 19 heavy (non-hydrogen) atoms. The molecule has 0 aromatic heterocycles. The first-order valence-corrected chi connectivity index (χ1v) is 6.30. The Labute approximate surface area is 112 Å². The zero-order valence-electron chi connectivity index (χ0n) is 11.2. The maximum absolute atomic E-state index is 11.3. The standard InChI is InChI=1S/C14H18N2O3/c1-15-11(5-6-14(18)19-2)9-3-4-12-10(7-9)8-13(17)16-12/h3-4,7,11,15H,5-6,8H2,1-2H3,(H,16,17). The van der Waals surface area contributed by atoms with Crippen LogP contribution < -0.4 is 10.6 Å². The molecule has 1 aromatic rings. The molecule has 0 saturated heterocycles. The molecule has 1 amide bonds. The van der Waals surface area contributed by atoms with E-state index < -0.39 is 0 Å². The number of hydrogen-bond donors (Lipinski definition) is 2. The van der Waals surface area contributed by atoms with E-state index >= 15 is 0 Å². The summed E-state index contributed by atoms with van der Waals surface area (Å²) in [6.07, 6.45) is 1.47. The molecule has 1 aromatic carbocycles. The first-order valence-electron chi connectivity index (χ1n) is 6.30. The number of esters is 1. The summed E-state index contributed by atoms with van der Waals surface area (Å²) in [5.41, 5.74) is 2.99. The fourth-order valence-electron chi connectivity index (χ4n) is 2.31. The van der Waals surface area contributed by atoms with E-state index in [4.69, 9.17) is 0 Å². The second-order valence-electron chi connectivity index (χ2n) is 4.60. The molecule has 1 aliphatic rings. The molecule has 2 N–H and O–H groups in total. The van der Waals surface area contributed by atoms with Gasteiger partial charge in [0.25, 0.3) is 0 Å². The minimum Gasteiger partial charge on any atom is -0.469 e. The van der Waals surface area contributed by atoms with Crippen LogP contribution in [0.4, 0.5) is 5.69 Å². The van der Waals surface area contributed by atoms with Crippen molar-refractivity contribution in [2.24, 2.45) is 0 Å². The number of rotatable bonds is 5. The highest BCUT2D eigenvalue weighted by Crippen LogP contribution is 2.28. The summed E-state index contributed by atoms with van der Waals surface area (Å²) in [5.74, 6) is -0.180. The Morgan fingerprint density at radius 3 is 3.00 bits per heavy atom. The second-order valence-corrected chi connectivity index (χ2v) is 4.60. The van der Waals surface area contributed by atoms with E-state index in [0.29, 0.717) is 19.3 Å². The largest absolute Gasteiger partial charge is 0.469 e. The summed E-state index contributed by atoms with van der Waals surface area (Å²) < 4.78 is 4.65. The Morgan fingerprint density at radius 1 is 1.53 bits per heavy atom. The molecule has 2 rings (SSSR count). The van der Waals surface area contributed by atoms with Gasteiger partial charge in [-0.05, 0) is 30.7 Å². The zero-order valence-corrected chi connectivity index (χ0v) is 11.2. The third-order valence-electron chi connectivity index (χ3n) is 3.37. The molecule has 0 bridgehead atoms. The van der Waals surface area contributed by atoms with E-state index in [2.05, 4.69) is 15.4 Å². The van der Waals surface area contributed by atoms with Gasteiger partial charge in [0.1, 0.15) is 0 Å². The molecule has 0 radical (unpaired) electrons. The first kappa shape index (κ1) is 13.5. The summed E-state index contributed by atoms with van der Waals surface area (Å²) in [5, 5.41) is 5.99. The van der Waals surface area contributed by atoms with Crippen molar-refractivity contribution in [2.45, 2.75) is 25.3 Å². The fraction of sp³-hybridized carbons (Fsp3) is 0.429. The van der Waals surface area contributed by atoms with Crippen molar-refractivity contribution in [1.29, 1.82) is 0 Å². The Morgan fingerprint density at radius 2 is 2.32 bits per heavy atom. The number of methoxy groups -OCH3 is 1. The topological polar surface area (TPSA) is 67.4 Å². The molecule has 1 aliphatic heterocycles. The Balaban J connectivity index is 2.09. The van der Waals surface area contributed by atoms with Gasteiger partial charge in [-0.25, -0.2) is 0 Å². The number of benzene rings is 1. The van der Waals surface area contributed by atoms with E-state index in [-0.39, 0.29) is 17.9 Å². The Bertz CT molecular complexity index is 499. The molecule has 1 atom stereocenters. The van der Waals surface area contributed by atoms with Crippen LogP contribution in [-0.4, -0.2) is 26.0 Å². The predicted molar refractivity (Wildman–Crippen MR) is 71.8 cm³/mol. The lowest BCUT2D eigenvalue weighted by Gasteiger charge is -2.17. The van der Waals surface area contributed by atoms with Gasteiger partial charge >= 0.3 is 5.97 Å². The van der Waals surface area contributed by atoms with Crippen LogP contribution in [0.2, 0.25) is 0 Å². The van der Waals surface area contributed by atoms with Gasteiger partial charge in [0.15, 0.2) is 0 Å². The lowest BCUT2D eigenvalue weighted by atomic mass is 9.99. The predicted octanol–water partition coefficient (Wildman–Crippen LogP) is 1.39. The minimum absolute atomic E-state index is 0.0303. The lowest BCUT2D eigenvalue weighted by molar-refractivity contribution is -0.140. The van der Waals surface area contributed by atoms with Crippen molar-refractivity contribution in [3.8, 4) is 0 Å². The van der Waals surface area contributed by atoms with E-state index in [1.807, 2.05) is 25.2 Å². The molecule has 1 unspecified atom stereocenters. The van der Waals surface area contributed by atoms with E-state index in [9.17, 15) is 9.59 Å². The number of carbonyl (C=O) groups excluding carboxylic acids is 2. The van der Waals surface area contributed by atoms with Crippen LogP contribution in [0.5, 0.6) is 0 Å². The van der Waals surface area contributed by atoms with Crippen molar-refractivity contribution in [3.05, 3.63) is 29.3 Å². The second kappa shape index (κ2) is 5.84. The maximum atomic E-state index is 11.3. The third kappa shape index (κ3) is 3.12. The van der Waals surface area contributed by atoms with Crippen LogP contribution in [0.3, 0.4) is 0 Å². The van der Waals surface area contributed by atoms with Crippen molar-refractivity contribution in [1.82, 2.24) is 5.32 Å². The molecule has 0 fully saturated rings. The number of amides is 1. The molecule has 0 spiro atoms. The van der Waals surface area contributed by atoms with E-state index in [0.717, 1.165) is 16.8 Å². The molecule has 102 valence electrons. The average Bonchev–Trinajstić information content (AvgIpc) is 2.78. The molecule has 5 heteroatoms. The highest BCUT2D eigenvalue weighted by Gasteiger charge is 2.20. The number of carbonyl (C=O) groups is 2. The van der Waals surface area contributed by atoms with Gasteiger partial charge < -0.3 is 15.4 Å². The molecule has 5 nitrogen and oxygen atoms in total. The van der Waals surface area contributed by atoms with Crippen molar-refractivity contribution >= 4 is 17.6 Å². The lowest BCUT2D eigenvalue weighted by Crippen LogP contribution is -2.18. The summed E-state index contributed by atoms with van der Waals surface area (Å²) in [6.45, 7) is 0. The Kier molecular flexibility index (Phi) is 4.16. The van der Waals surface area contributed by atoms with E-state index in [1.54, 1.807) is 0 Å². The molecule has 1 heterocycles. The van der Waals surface area contributed by atoms with Crippen molar-refractivity contribution < 1.29 is 14.3 Å². The summed E-state index contributed by atoms with van der Waals surface area (Å²) in [7, 11) is 3.25. The van der Waals surface area contributed by atoms with E-state index in [1.165, 1.54) is 7.11 Å². The highest BCUT2D eigenvalue weighted by atomic mass is 16.5. The van der Waals surface area contributed by atoms with Crippen LogP contribution in [-0.2, 0) is 20.7 Å². The van der Waals surface area contributed by atoms with Gasteiger partial charge in [-0.1, -0.05) is 12.1 Å². The number of ether oxygens (including phenoxy) is 1. The van der Waals surface area contributed by atoms with Crippen molar-refractivity contribution in [3.63, 3.8) is 0 Å². The number of anilines is 1. The molecule has 0 aliphatic carbocycles. The highest BCUT2D eigenvalue weighted by molar-refractivity contribution is 5.99. The summed E-state index contributed by atoms with van der Waals surface area (Å²) in [4.78, 5) is 22.5. The molecule has 0 saturated carbocycles. The molecular formula is C14H18N2O3. The quantitative estimate of drug-likeness (QED) is 0.787. The number of hydrogen-bond acceptors (Lipinski definition) is 4. The zero-order chi connectivity index (χ0) is 13.8. The maximum Gasteiger partial charge on any atom is 0.305 e. The van der Waals surface area contributed by atoms with Crippen LogP contribution in [0, 0.1) is 0 Å². The minimum atomic E-state index is -0.210. The van der Waals surface area contributed by atoms with Gasteiger partial charge in [-0.15, -0.1) is 0 Å². The third-order valence-corrected chi connectivity index (χ3v) is 3.37. The monoisotopic (exact) mass is 262 g/mol. The number of fused-ring (bicyclic) bond motifs is 1.